The number of rotatable bonds is 3. The summed E-state index contributed by atoms with van der Waals surface area (Å²) in [5.41, 5.74) is -0.327. The van der Waals surface area contributed by atoms with E-state index in [9.17, 15) is 4.79 Å². The quantitative estimate of drug-likeness (QED) is 0.604. The van der Waals surface area contributed by atoms with Gasteiger partial charge in [-0.3, -0.25) is 4.79 Å². The first-order valence-corrected chi connectivity index (χ1v) is 4.06. The molecular formula is C6H12OS2. The molecule has 0 spiro atoms. The van der Waals surface area contributed by atoms with Crippen LogP contribution in [0, 0.1) is 5.41 Å². The fraction of sp³-hybridized carbons (Fsp3) is 0.833. The van der Waals surface area contributed by atoms with Gasteiger partial charge in [-0.25, -0.2) is 0 Å². The molecule has 0 aromatic carbocycles. The first-order valence-electron chi connectivity index (χ1n) is 2.79. The highest BCUT2D eigenvalue weighted by Gasteiger charge is 2.25. The molecule has 0 aromatic rings. The predicted molar refractivity (Wildman–Crippen MR) is 46.5 cm³/mol. The van der Waals surface area contributed by atoms with Crippen molar-refractivity contribution in [2.75, 3.05) is 11.5 Å². The second-order valence-corrected chi connectivity index (χ2v) is 3.07. The molecule has 0 saturated heterocycles. The van der Waals surface area contributed by atoms with E-state index < -0.39 is 0 Å². The highest BCUT2D eigenvalue weighted by Crippen LogP contribution is 2.20. The fourth-order valence-corrected chi connectivity index (χ4v) is 1.12. The zero-order valence-corrected chi connectivity index (χ0v) is 7.51. The molecule has 0 N–H and O–H groups in total. The van der Waals surface area contributed by atoms with E-state index in [4.69, 9.17) is 0 Å². The van der Waals surface area contributed by atoms with Gasteiger partial charge in [0.05, 0.1) is 0 Å². The summed E-state index contributed by atoms with van der Waals surface area (Å²) in [6.07, 6.45) is 0. The van der Waals surface area contributed by atoms with E-state index in [-0.39, 0.29) is 11.2 Å². The Kier molecular flexibility index (Phi) is 3.66. The SMILES string of the molecule is CC(=O)C(C)(CS)CS. The van der Waals surface area contributed by atoms with Crippen LogP contribution in [0.2, 0.25) is 0 Å². The third-order valence-corrected chi connectivity index (χ3v) is 2.94. The topological polar surface area (TPSA) is 17.1 Å². The van der Waals surface area contributed by atoms with Crippen LogP contribution in [0.25, 0.3) is 0 Å². The van der Waals surface area contributed by atoms with Gasteiger partial charge in [0.1, 0.15) is 5.78 Å². The van der Waals surface area contributed by atoms with Crippen LogP contribution in [0.4, 0.5) is 0 Å². The molecule has 54 valence electrons. The van der Waals surface area contributed by atoms with Gasteiger partial charge in [0.2, 0.25) is 0 Å². The van der Waals surface area contributed by atoms with E-state index in [1.165, 1.54) is 0 Å². The van der Waals surface area contributed by atoms with Crippen molar-refractivity contribution >= 4 is 31.0 Å². The summed E-state index contributed by atoms with van der Waals surface area (Å²) < 4.78 is 0. The highest BCUT2D eigenvalue weighted by atomic mass is 32.1. The van der Waals surface area contributed by atoms with Crippen LogP contribution >= 0.6 is 25.3 Å². The van der Waals surface area contributed by atoms with Crippen LogP contribution in [-0.2, 0) is 4.79 Å². The van der Waals surface area contributed by atoms with Gasteiger partial charge < -0.3 is 0 Å². The Morgan fingerprint density at radius 1 is 1.44 bits per heavy atom. The lowest BCUT2D eigenvalue weighted by Crippen LogP contribution is -2.29. The monoisotopic (exact) mass is 164 g/mol. The van der Waals surface area contributed by atoms with Gasteiger partial charge in [0, 0.05) is 16.9 Å². The molecule has 0 heterocycles. The summed E-state index contributed by atoms with van der Waals surface area (Å²) in [6, 6.07) is 0. The minimum absolute atomic E-state index is 0.160. The van der Waals surface area contributed by atoms with Crippen LogP contribution in [0.1, 0.15) is 13.8 Å². The third kappa shape index (κ3) is 2.22. The number of carbonyl (C=O) groups excluding carboxylic acids is 1. The summed E-state index contributed by atoms with van der Waals surface area (Å²) in [6.45, 7) is 3.45. The highest BCUT2D eigenvalue weighted by molar-refractivity contribution is 7.81. The first kappa shape index (κ1) is 9.37. The summed E-state index contributed by atoms with van der Waals surface area (Å²) in [7, 11) is 0. The van der Waals surface area contributed by atoms with Gasteiger partial charge >= 0.3 is 0 Å². The molecule has 3 heteroatoms. The molecule has 0 aliphatic carbocycles. The Hall–Kier alpha value is 0.370. The van der Waals surface area contributed by atoms with Gasteiger partial charge in [-0.1, -0.05) is 6.92 Å². The van der Waals surface area contributed by atoms with Crippen molar-refractivity contribution in [3.05, 3.63) is 0 Å². The minimum atomic E-state index is -0.327. The lowest BCUT2D eigenvalue weighted by atomic mass is 9.91. The molecule has 0 saturated carbocycles. The molecule has 0 fully saturated rings. The second kappa shape index (κ2) is 3.52. The molecule has 0 aromatic heterocycles. The molecule has 9 heavy (non-hydrogen) atoms. The Bertz CT molecular complexity index is 108. The molecule has 0 unspecified atom stereocenters. The molecule has 0 aliphatic rings. The molecular weight excluding hydrogens is 152 g/mol. The number of thiol groups is 2. The van der Waals surface area contributed by atoms with Crippen molar-refractivity contribution < 1.29 is 4.79 Å². The standard InChI is InChI=1S/C6H12OS2/c1-5(7)6(2,3-8)4-9/h8-9H,3-4H2,1-2H3. The lowest BCUT2D eigenvalue weighted by Gasteiger charge is -2.20. The zero-order valence-electron chi connectivity index (χ0n) is 5.72. The smallest absolute Gasteiger partial charge is 0.137 e. The van der Waals surface area contributed by atoms with E-state index in [2.05, 4.69) is 25.3 Å². The number of ketones is 1. The summed E-state index contributed by atoms with van der Waals surface area (Å²) in [5.74, 6) is 1.31. The minimum Gasteiger partial charge on any atom is -0.299 e. The van der Waals surface area contributed by atoms with Gasteiger partial charge in [0.25, 0.3) is 0 Å². The van der Waals surface area contributed by atoms with Crippen molar-refractivity contribution in [1.29, 1.82) is 0 Å². The van der Waals surface area contributed by atoms with E-state index in [0.717, 1.165) is 0 Å². The normalized spacial score (nSPS) is 11.6. The average molecular weight is 164 g/mol. The summed E-state index contributed by atoms with van der Waals surface area (Å²) in [5, 5.41) is 0. The van der Waals surface area contributed by atoms with Crippen molar-refractivity contribution in [1.82, 2.24) is 0 Å². The maximum Gasteiger partial charge on any atom is 0.137 e. The predicted octanol–water partition coefficient (Wildman–Crippen LogP) is 1.44. The number of Topliss-reactive ketones (excluding diaryl/α,β-unsaturated/α-hetero) is 1. The van der Waals surface area contributed by atoms with E-state index in [1.807, 2.05) is 6.92 Å². The Balaban J connectivity index is 4.09. The number of carbonyl (C=O) groups is 1. The Morgan fingerprint density at radius 2 is 1.78 bits per heavy atom. The zero-order chi connectivity index (χ0) is 7.49. The van der Waals surface area contributed by atoms with E-state index in [1.54, 1.807) is 6.92 Å². The largest absolute Gasteiger partial charge is 0.299 e. The van der Waals surface area contributed by atoms with Crippen LogP contribution in [0.5, 0.6) is 0 Å². The van der Waals surface area contributed by atoms with Crippen LogP contribution in [0.15, 0.2) is 0 Å². The van der Waals surface area contributed by atoms with E-state index in [0.29, 0.717) is 11.5 Å². The van der Waals surface area contributed by atoms with Crippen molar-refractivity contribution in [2.24, 2.45) is 5.41 Å². The second-order valence-electron chi connectivity index (χ2n) is 2.43. The first-order chi connectivity index (χ1) is 4.06. The van der Waals surface area contributed by atoms with Gasteiger partial charge in [-0.05, 0) is 6.92 Å². The Labute approximate surface area is 67.0 Å². The Morgan fingerprint density at radius 3 is 1.78 bits per heavy atom. The molecule has 0 bridgehead atoms. The van der Waals surface area contributed by atoms with E-state index >= 15 is 0 Å². The van der Waals surface area contributed by atoms with Crippen molar-refractivity contribution in [3.8, 4) is 0 Å². The van der Waals surface area contributed by atoms with Crippen LogP contribution in [0.3, 0.4) is 0 Å². The summed E-state index contributed by atoms with van der Waals surface area (Å²) >= 11 is 8.10. The number of hydrogen-bond acceptors (Lipinski definition) is 3. The molecule has 0 radical (unpaired) electrons. The average Bonchev–Trinajstić information content (AvgIpc) is 1.86. The van der Waals surface area contributed by atoms with Gasteiger partial charge in [-0.2, -0.15) is 25.3 Å². The third-order valence-electron chi connectivity index (χ3n) is 1.55. The van der Waals surface area contributed by atoms with Crippen molar-refractivity contribution in [2.45, 2.75) is 13.8 Å². The van der Waals surface area contributed by atoms with Gasteiger partial charge in [-0.15, -0.1) is 0 Å². The fourth-order valence-electron chi connectivity index (χ4n) is 0.273. The lowest BCUT2D eigenvalue weighted by molar-refractivity contribution is -0.123. The van der Waals surface area contributed by atoms with Crippen molar-refractivity contribution in [3.63, 3.8) is 0 Å². The van der Waals surface area contributed by atoms with Crippen LogP contribution in [-0.4, -0.2) is 17.3 Å². The summed E-state index contributed by atoms with van der Waals surface area (Å²) in [4.78, 5) is 10.8. The maximum atomic E-state index is 10.8. The van der Waals surface area contributed by atoms with Crippen LogP contribution < -0.4 is 0 Å². The molecule has 0 amide bonds. The maximum absolute atomic E-state index is 10.8. The van der Waals surface area contributed by atoms with Gasteiger partial charge in [0.15, 0.2) is 0 Å². The molecule has 0 atom stereocenters. The molecule has 0 rings (SSSR count). The molecule has 0 aliphatic heterocycles. The number of hydrogen-bond donors (Lipinski definition) is 2. The molecule has 1 nitrogen and oxygen atoms in total.